The number of rotatable bonds is 5. The third kappa shape index (κ3) is 3.29. The Morgan fingerprint density at radius 3 is 2.24 bits per heavy atom. The molecule has 3 aliphatic rings. The highest BCUT2D eigenvalue weighted by Crippen LogP contribution is 2.55. The number of halogens is 1. The molecule has 3 aromatic carbocycles. The van der Waals surface area contributed by atoms with Crippen LogP contribution >= 0.6 is 0 Å². The zero-order chi connectivity index (χ0) is 19.8. The predicted octanol–water partition coefficient (Wildman–Crippen LogP) is 4.62. The molecule has 0 saturated heterocycles. The average molecular weight is 387 g/mol. The molecule has 1 unspecified atom stereocenters. The van der Waals surface area contributed by atoms with Gasteiger partial charge in [0.2, 0.25) is 0 Å². The second-order valence-electron chi connectivity index (χ2n) is 7.83. The lowest BCUT2D eigenvalue weighted by molar-refractivity contribution is -0.123. The van der Waals surface area contributed by atoms with E-state index < -0.39 is 0 Å². The van der Waals surface area contributed by atoms with Crippen molar-refractivity contribution in [3.05, 3.63) is 101 Å². The maximum absolute atomic E-state index is 13.2. The minimum absolute atomic E-state index is 0.114. The smallest absolute Gasteiger partial charge is 0.257 e. The Bertz CT molecular complexity index is 1020. The van der Waals surface area contributed by atoms with Gasteiger partial charge in [-0.2, -0.15) is 0 Å². The van der Waals surface area contributed by atoms with Crippen molar-refractivity contribution in [2.75, 3.05) is 13.2 Å². The average Bonchev–Trinajstić information content (AvgIpc) is 2.76. The lowest BCUT2D eigenvalue weighted by atomic mass is 9.59. The number of nitrogens with one attached hydrogen (secondary N) is 1. The molecule has 2 bridgehead atoms. The van der Waals surface area contributed by atoms with E-state index in [0.29, 0.717) is 30.0 Å². The van der Waals surface area contributed by atoms with E-state index in [1.54, 1.807) is 12.1 Å². The fourth-order valence-corrected chi connectivity index (χ4v) is 4.96. The quantitative estimate of drug-likeness (QED) is 0.694. The summed E-state index contributed by atoms with van der Waals surface area (Å²) in [6.07, 6.45) is 1.03. The molecule has 29 heavy (non-hydrogen) atoms. The van der Waals surface area contributed by atoms with Crippen molar-refractivity contribution < 1.29 is 13.9 Å². The van der Waals surface area contributed by atoms with Crippen molar-refractivity contribution >= 4 is 5.91 Å². The monoisotopic (exact) mass is 387 g/mol. The molecule has 0 spiro atoms. The first-order valence-electron chi connectivity index (χ1n) is 10.0. The molecule has 3 aromatic rings. The molecule has 3 nitrogen and oxygen atoms in total. The molecule has 0 radical (unpaired) electrons. The second kappa shape index (κ2) is 7.36. The number of amides is 1. The van der Waals surface area contributed by atoms with Gasteiger partial charge in [-0.05, 0) is 46.7 Å². The normalized spacial score (nSPS) is 21.2. The molecule has 3 aliphatic carbocycles. The van der Waals surface area contributed by atoms with Crippen LogP contribution in [-0.2, 0) is 4.79 Å². The summed E-state index contributed by atoms with van der Waals surface area (Å²) in [5, 5.41) is 3.03. The zero-order valence-electron chi connectivity index (χ0n) is 16.0. The van der Waals surface area contributed by atoms with E-state index >= 15 is 0 Å². The van der Waals surface area contributed by atoms with Gasteiger partial charge in [0.05, 0.1) is 0 Å². The molecule has 4 heteroatoms. The van der Waals surface area contributed by atoms with E-state index in [1.807, 2.05) is 0 Å². The lowest BCUT2D eigenvalue weighted by Crippen LogP contribution is -2.40. The molecule has 1 N–H and O–H groups in total. The Hall–Kier alpha value is -3.14. The number of carbonyl (C=O) groups excluding carboxylic acids is 1. The summed E-state index contributed by atoms with van der Waals surface area (Å²) in [5.41, 5.74) is 5.62. The molecule has 146 valence electrons. The number of fused-ring (bicyclic) bond motifs is 1. The largest absolute Gasteiger partial charge is 0.484 e. The van der Waals surface area contributed by atoms with Gasteiger partial charge in [-0.25, -0.2) is 4.39 Å². The number of benzene rings is 3. The number of carbonyl (C=O) groups is 1. The van der Waals surface area contributed by atoms with Crippen molar-refractivity contribution in [3.63, 3.8) is 0 Å². The summed E-state index contributed by atoms with van der Waals surface area (Å²) in [6, 6.07) is 23.2. The van der Waals surface area contributed by atoms with Crippen molar-refractivity contribution in [1.82, 2.24) is 5.32 Å². The summed E-state index contributed by atoms with van der Waals surface area (Å²) in [6.45, 7) is 0.493. The van der Waals surface area contributed by atoms with Gasteiger partial charge in [-0.1, -0.05) is 54.6 Å². The van der Waals surface area contributed by atoms with Crippen LogP contribution in [0.3, 0.4) is 0 Å². The van der Waals surface area contributed by atoms with Crippen molar-refractivity contribution in [3.8, 4) is 5.75 Å². The van der Waals surface area contributed by atoms with E-state index in [-0.39, 0.29) is 18.3 Å². The standard InChI is InChI=1S/C25H22FNO2/c26-17-6-5-7-18(13-17)29-15-24(28)27-14-16-12-23-19-8-1-3-10-21(19)25(16)22-11-4-2-9-20(22)23/h1-11,13,16,23,25H,12,14-15H2,(H,27,28). The van der Waals surface area contributed by atoms with Crippen molar-refractivity contribution in [1.29, 1.82) is 0 Å². The van der Waals surface area contributed by atoms with Crippen LogP contribution in [0.25, 0.3) is 0 Å². The van der Waals surface area contributed by atoms with Crippen LogP contribution in [0.5, 0.6) is 5.75 Å². The zero-order valence-corrected chi connectivity index (χ0v) is 16.0. The second-order valence-corrected chi connectivity index (χ2v) is 7.83. The Morgan fingerprint density at radius 2 is 1.59 bits per heavy atom. The van der Waals surface area contributed by atoms with E-state index in [1.165, 1.54) is 34.4 Å². The maximum Gasteiger partial charge on any atom is 0.257 e. The van der Waals surface area contributed by atoms with Gasteiger partial charge in [-0.3, -0.25) is 4.79 Å². The van der Waals surface area contributed by atoms with Gasteiger partial charge in [0.25, 0.3) is 5.91 Å². The minimum Gasteiger partial charge on any atom is -0.484 e. The first-order chi connectivity index (χ1) is 14.2. The molecule has 0 fully saturated rings. The predicted molar refractivity (Wildman–Crippen MR) is 110 cm³/mol. The summed E-state index contributed by atoms with van der Waals surface area (Å²) in [5.74, 6) is 0.841. The molecule has 0 aliphatic heterocycles. The van der Waals surface area contributed by atoms with Crippen LogP contribution in [0, 0.1) is 11.7 Å². The van der Waals surface area contributed by atoms with Crippen LogP contribution in [0.15, 0.2) is 72.8 Å². The molecular formula is C25H22FNO2. The van der Waals surface area contributed by atoms with Crippen LogP contribution in [0.4, 0.5) is 4.39 Å². The highest BCUT2D eigenvalue weighted by Gasteiger charge is 2.42. The van der Waals surface area contributed by atoms with Crippen LogP contribution in [0.2, 0.25) is 0 Å². The molecule has 1 amide bonds. The van der Waals surface area contributed by atoms with Gasteiger partial charge in [0.1, 0.15) is 11.6 Å². The molecular weight excluding hydrogens is 365 g/mol. The molecule has 0 saturated carbocycles. The molecule has 0 aromatic heterocycles. The SMILES string of the molecule is O=C(COc1cccc(F)c1)NCC1CC2c3ccccc3C1c1ccccc12. The van der Waals surface area contributed by atoms with Gasteiger partial charge in [0.15, 0.2) is 6.61 Å². The van der Waals surface area contributed by atoms with Gasteiger partial charge < -0.3 is 10.1 Å². The lowest BCUT2D eigenvalue weighted by Gasteiger charge is -2.45. The fraction of sp³-hybridized carbons (Fsp3) is 0.240. The third-order valence-electron chi connectivity index (χ3n) is 6.15. The van der Waals surface area contributed by atoms with E-state index in [4.69, 9.17) is 4.74 Å². The number of ether oxygens (including phenoxy) is 1. The van der Waals surface area contributed by atoms with Crippen LogP contribution < -0.4 is 10.1 Å². The highest BCUT2D eigenvalue weighted by atomic mass is 19.1. The summed E-state index contributed by atoms with van der Waals surface area (Å²) in [4.78, 5) is 12.3. The summed E-state index contributed by atoms with van der Waals surface area (Å²) < 4.78 is 18.6. The molecule has 0 heterocycles. The van der Waals surface area contributed by atoms with Crippen molar-refractivity contribution in [2.24, 2.45) is 5.92 Å². The van der Waals surface area contributed by atoms with Gasteiger partial charge in [-0.15, -0.1) is 0 Å². The summed E-state index contributed by atoms with van der Waals surface area (Å²) >= 11 is 0. The molecule has 6 rings (SSSR count). The van der Waals surface area contributed by atoms with Gasteiger partial charge in [0, 0.05) is 24.4 Å². The Morgan fingerprint density at radius 1 is 0.931 bits per heavy atom. The van der Waals surface area contributed by atoms with Crippen LogP contribution in [-0.4, -0.2) is 19.1 Å². The first kappa shape index (κ1) is 17.9. The maximum atomic E-state index is 13.2. The highest BCUT2D eigenvalue weighted by molar-refractivity contribution is 5.77. The van der Waals surface area contributed by atoms with Crippen LogP contribution in [0.1, 0.15) is 40.5 Å². The topological polar surface area (TPSA) is 38.3 Å². The molecule has 1 atom stereocenters. The van der Waals surface area contributed by atoms with Crippen molar-refractivity contribution in [2.45, 2.75) is 18.3 Å². The number of hydrogen-bond donors (Lipinski definition) is 1. The van der Waals surface area contributed by atoms with Gasteiger partial charge >= 0.3 is 0 Å². The third-order valence-corrected chi connectivity index (χ3v) is 6.15. The fourth-order valence-electron chi connectivity index (χ4n) is 4.96. The minimum atomic E-state index is -0.376. The van der Waals surface area contributed by atoms with E-state index in [2.05, 4.69) is 53.8 Å². The first-order valence-corrected chi connectivity index (χ1v) is 10.0. The van der Waals surface area contributed by atoms with E-state index in [0.717, 1.165) is 6.42 Å². The Balaban J connectivity index is 1.29. The number of hydrogen-bond acceptors (Lipinski definition) is 2. The van der Waals surface area contributed by atoms with E-state index in [9.17, 15) is 9.18 Å². The Kier molecular flexibility index (Phi) is 4.55. The Labute approximate surface area is 169 Å². The summed E-state index contributed by atoms with van der Waals surface area (Å²) in [7, 11) is 0.